The van der Waals surface area contributed by atoms with Crippen molar-refractivity contribution in [1.82, 2.24) is 0 Å². The van der Waals surface area contributed by atoms with Crippen molar-refractivity contribution in [3.8, 4) is 0 Å². The van der Waals surface area contributed by atoms with Crippen LogP contribution in [0.15, 0.2) is 4.99 Å². The summed E-state index contributed by atoms with van der Waals surface area (Å²) in [6.45, 7) is 0.315. The monoisotopic (exact) mass is 181 g/mol. The highest BCUT2D eigenvalue weighted by atomic mass is 32.2. The van der Waals surface area contributed by atoms with Crippen molar-refractivity contribution in [2.75, 3.05) is 6.54 Å². The van der Waals surface area contributed by atoms with Crippen LogP contribution in [-0.2, 0) is 0 Å². The largest absolute Gasteiger partial charge is 0.439 e. The second-order valence-electron chi connectivity index (χ2n) is 2.29. The van der Waals surface area contributed by atoms with Crippen molar-refractivity contribution in [3.63, 3.8) is 0 Å². The van der Waals surface area contributed by atoms with Crippen LogP contribution >= 0.6 is 11.8 Å². The summed E-state index contributed by atoms with van der Waals surface area (Å²) in [7, 11) is 1.87. The molecule has 0 saturated heterocycles. The lowest BCUT2D eigenvalue weighted by molar-refractivity contribution is -0.0554. The third-order valence-corrected chi connectivity index (χ3v) is 2.81. The molecule has 0 radical (unpaired) electrons. The number of nitrogens with zero attached hydrogens (tertiary/aromatic N) is 1. The van der Waals surface area contributed by atoms with Crippen LogP contribution in [0.4, 0.5) is 13.2 Å². The van der Waals surface area contributed by atoms with E-state index >= 15 is 0 Å². The van der Waals surface area contributed by atoms with E-state index in [-0.39, 0.29) is 5.25 Å². The van der Waals surface area contributed by atoms with Crippen LogP contribution in [0, 0.1) is 0 Å². The second kappa shape index (κ2) is 3.09. The van der Waals surface area contributed by atoms with E-state index in [1.54, 1.807) is 0 Å². The normalized spacial score (nSPS) is 25.4. The van der Waals surface area contributed by atoms with Gasteiger partial charge in [0, 0.05) is 5.25 Å². The van der Waals surface area contributed by atoms with E-state index in [1.807, 2.05) is 7.85 Å². The Morgan fingerprint density at radius 3 is 2.55 bits per heavy atom. The topological polar surface area (TPSA) is 12.4 Å². The molecule has 0 aromatic heterocycles. The van der Waals surface area contributed by atoms with Gasteiger partial charge in [-0.3, -0.25) is 4.99 Å². The SMILES string of the molecule is BCC1CN=C(C(F)(F)F)S1. The highest BCUT2D eigenvalue weighted by Gasteiger charge is 2.39. The summed E-state index contributed by atoms with van der Waals surface area (Å²) in [6, 6.07) is 0. The first-order valence-corrected chi connectivity index (χ1v) is 4.20. The zero-order chi connectivity index (χ0) is 8.48. The van der Waals surface area contributed by atoms with Gasteiger partial charge >= 0.3 is 6.18 Å². The van der Waals surface area contributed by atoms with Gasteiger partial charge in [0.25, 0.3) is 0 Å². The van der Waals surface area contributed by atoms with Crippen LogP contribution in [0.2, 0.25) is 6.32 Å². The molecule has 6 heteroatoms. The molecule has 11 heavy (non-hydrogen) atoms. The predicted octanol–water partition coefficient (Wildman–Crippen LogP) is 1.11. The van der Waals surface area contributed by atoms with Gasteiger partial charge in [-0.2, -0.15) is 13.2 Å². The van der Waals surface area contributed by atoms with Crippen molar-refractivity contribution in [1.29, 1.82) is 0 Å². The van der Waals surface area contributed by atoms with E-state index in [4.69, 9.17) is 0 Å². The van der Waals surface area contributed by atoms with Gasteiger partial charge in [0.1, 0.15) is 7.85 Å². The standard InChI is InChI=1S/C5H7BF3NS/c6-1-3-2-10-4(11-3)5(7,8)9/h3H,1-2,6H2. The number of thioether (sulfide) groups is 1. The Morgan fingerprint density at radius 1 is 1.64 bits per heavy atom. The van der Waals surface area contributed by atoms with Crippen LogP contribution in [0.1, 0.15) is 0 Å². The van der Waals surface area contributed by atoms with Gasteiger partial charge in [0.2, 0.25) is 0 Å². The maximum atomic E-state index is 11.9. The first-order chi connectivity index (χ1) is 5.04. The molecule has 0 amide bonds. The minimum atomic E-state index is -4.23. The minimum Gasteiger partial charge on any atom is -0.273 e. The smallest absolute Gasteiger partial charge is 0.273 e. The summed E-state index contributed by atoms with van der Waals surface area (Å²) in [5.41, 5.74) is 0. The fraction of sp³-hybridized carbons (Fsp3) is 0.800. The molecule has 0 aromatic rings. The lowest BCUT2D eigenvalue weighted by Crippen LogP contribution is -2.18. The fourth-order valence-corrected chi connectivity index (χ4v) is 1.70. The molecular weight excluding hydrogens is 174 g/mol. The van der Waals surface area contributed by atoms with E-state index in [0.717, 1.165) is 18.1 Å². The van der Waals surface area contributed by atoms with Crippen molar-refractivity contribution in [3.05, 3.63) is 0 Å². The molecule has 0 saturated carbocycles. The van der Waals surface area contributed by atoms with Gasteiger partial charge in [-0.05, 0) is 0 Å². The van der Waals surface area contributed by atoms with Gasteiger partial charge < -0.3 is 0 Å². The quantitative estimate of drug-likeness (QED) is 0.552. The summed E-state index contributed by atoms with van der Waals surface area (Å²) < 4.78 is 35.8. The Hall–Kier alpha value is -0.125. The molecule has 62 valence electrons. The molecule has 1 nitrogen and oxygen atoms in total. The molecule has 0 fully saturated rings. The first-order valence-electron chi connectivity index (χ1n) is 3.32. The molecule has 1 heterocycles. The van der Waals surface area contributed by atoms with Crippen LogP contribution in [-0.4, -0.2) is 30.9 Å². The average molecular weight is 181 g/mol. The number of alkyl halides is 3. The van der Waals surface area contributed by atoms with Crippen LogP contribution in [0.3, 0.4) is 0 Å². The maximum absolute atomic E-state index is 11.9. The Balaban J connectivity index is 2.53. The van der Waals surface area contributed by atoms with Crippen molar-refractivity contribution in [2.45, 2.75) is 17.7 Å². The van der Waals surface area contributed by atoms with Gasteiger partial charge in [0.05, 0.1) is 6.54 Å². The molecule has 0 aliphatic carbocycles. The van der Waals surface area contributed by atoms with Crippen LogP contribution in [0.5, 0.6) is 0 Å². The van der Waals surface area contributed by atoms with E-state index in [9.17, 15) is 13.2 Å². The average Bonchev–Trinajstić information content (AvgIpc) is 2.32. The lowest BCUT2D eigenvalue weighted by atomic mass is 10.0. The zero-order valence-corrected chi connectivity index (χ0v) is 6.80. The Labute approximate surface area is 67.9 Å². The Kier molecular flexibility index (Phi) is 2.52. The summed E-state index contributed by atoms with van der Waals surface area (Å²) in [5, 5.41) is -0.629. The van der Waals surface area contributed by atoms with E-state index < -0.39 is 11.2 Å². The number of rotatable bonds is 1. The van der Waals surface area contributed by atoms with Gasteiger partial charge in [0.15, 0.2) is 5.04 Å². The molecule has 0 aromatic carbocycles. The van der Waals surface area contributed by atoms with Gasteiger partial charge in [-0.1, -0.05) is 18.1 Å². The number of aliphatic imine (C=N–C) groups is 1. The predicted molar refractivity (Wildman–Crippen MR) is 43.1 cm³/mol. The molecule has 0 N–H and O–H groups in total. The summed E-state index contributed by atoms with van der Waals surface area (Å²) in [6.07, 6.45) is -3.48. The highest BCUT2D eigenvalue weighted by molar-refractivity contribution is 8.15. The highest BCUT2D eigenvalue weighted by Crippen LogP contribution is 2.33. The molecule has 1 unspecified atom stereocenters. The second-order valence-corrected chi connectivity index (χ2v) is 3.58. The number of hydrogen-bond donors (Lipinski definition) is 0. The lowest BCUT2D eigenvalue weighted by Gasteiger charge is -2.06. The maximum Gasteiger partial charge on any atom is 0.439 e. The number of hydrogen-bond acceptors (Lipinski definition) is 2. The van der Waals surface area contributed by atoms with Crippen molar-refractivity contribution < 1.29 is 13.2 Å². The van der Waals surface area contributed by atoms with Crippen LogP contribution < -0.4 is 0 Å². The summed E-state index contributed by atoms with van der Waals surface area (Å²) in [5.74, 6) is 0. The molecular formula is C5H7BF3NS. The molecule has 1 rings (SSSR count). The molecule has 0 bridgehead atoms. The third-order valence-electron chi connectivity index (χ3n) is 1.41. The van der Waals surface area contributed by atoms with Crippen molar-refractivity contribution in [2.24, 2.45) is 4.99 Å². The minimum absolute atomic E-state index is 0.0339. The molecule has 1 atom stereocenters. The summed E-state index contributed by atoms with van der Waals surface area (Å²) in [4.78, 5) is 3.41. The van der Waals surface area contributed by atoms with E-state index in [2.05, 4.69) is 4.99 Å². The Bertz CT molecular complexity index is 179. The van der Waals surface area contributed by atoms with Crippen molar-refractivity contribution >= 4 is 24.7 Å². The molecule has 0 spiro atoms. The third kappa shape index (κ3) is 2.15. The van der Waals surface area contributed by atoms with E-state index in [0.29, 0.717) is 6.54 Å². The van der Waals surface area contributed by atoms with Gasteiger partial charge in [-0.15, -0.1) is 0 Å². The Morgan fingerprint density at radius 2 is 2.27 bits per heavy atom. The molecule has 1 aliphatic heterocycles. The number of halogens is 3. The summed E-state index contributed by atoms with van der Waals surface area (Å²) >= 11 is 0.843. The first kappa shape index (κ1) is 8.97. The van der Waals surface area contributed by atoms with Crippen LogP contribution in [0.25, 0.3) is 0 Å². The molecule has 1 aliphatic rings. The fourth-order valence-electron chi connectivity index (χ4n) is 0.786. The van der Waals surface area contributed by atoms with E-state index in [1.165, 1.54) is 0 Å². The zero-order valence-electron chi connectivity index (χ0n) is 5.98. The van der Waals surface area contributed by atoms with Gasteiger partial charge in [-0.25, -0.2) is 0 Å².